The van der Waals surface area contributed by atoms with Gasteiger partial charge in [-0.25, -0.2) is 4.98 Å². The van der Waals surface area contributed by atoms with E-state index in [4.69, 9.17) is 10.5 Å². The Balaban J connectivity index is 2.27. The first-order valence-electron chi connectivity index (χ1n) is 6.72. The van der Waals surface area contributed by atoms with E-state index in [1.165, 1.54) is 6.42 Å². The summed E-state index contributed by atoms with van der Waals surface area (Å²) in [5.74, 6) is 0.606. The van der Waals surface area contributed by atoms with Crippen LogP contribution in [0.15, 0.2) is 18.3 Å². The zero-order chi connectivity index (χ0) is 13.0. The molecule has 1 heterocycles. The molecule has 1 aromatic heterocycles. The van der Waals surface area contributed by atoms with Gasteiger partial charge in [0, 0.05) is 18.9 Å². The van der Waals surface area contributed by atoms with Crippen molar-refractivity contribution < 1.29 is 4.74 Å². The molecule has 1 saturated carbocycles. The van der Waals surface area contributed by atoms with Crippen LogP contribution < -0.4 is 11.1 Å². The summed E-state index contributed by atoms with van der Waals surface area (Å²) in [7, 11) is 1.80. The third-order valence-corrected chi connectivity index (χ3v) is 3.91. The van der Waals surface area contributed by atoms with Gasteiger partial charge in [0.2, 0.25) is 0 Å². The molecule has 1 fully saturated rings. The van der Waals surface area contributed by atoms with Crippen molar-refractivity contribution >= 4 is 5.82 Å². The van der Waals surface area contributed by atoms with Gasteiger partial charge in [0.25, 0.3) is 0 Å². The topological polar surface area (TPSA) is 60.2 Å². The minimum absolute atomic E-state index is 0.105. The van der Waals surface area contributed by atoms with Crippen molar-refractivity contribution in [3.63, 3.8) is 0 Å². The van der Waals surface area contributed by atoms with E-state index in [-0.39, 0.29) is 11.6 Å². The highest BCUT2D eigenvalue weighted by Gasteiger charge is 2.45. The minimum atomic E-state index is -0.105. The standard InChI is InChI=1S/C14H23N3O/c1-3-9-16-12(14(18-2)7-5-8-14)11-6-4-10-17-13(11)15/h4,6,10,12,16H,3,5,7-9H2,1-2H3,(H2,15,17). The largest absolute Gasteiger partial charge is 0.383 e. The van der Waals surface area contributed by atoms with E-state index >= 15 is 0 Å². The number of methoxy groups -OCH3 is 1. The molecule has 4 heteroatoms. The zero-order valence-electron chi connectivity index (χ0n) is 11.3. The van der Waals surface area contributed by atoms with Gasteiger partial charge in [-0.1, -0.05) is 13.0 Å². The van der Waals surface area contributed by atoms with Crippen molar-refractivity contribution in [1.82, 2.24) is 10.3 Å². The molecule has 2 rings (SSSR count). The molecule has 3 N–H and O–H groups in total. The van der Waals surface area contributed by atoms with Gasteiger partial charge in [-0.2, -0.15) is 0 Å². The van der Waals surface area contributed by atoms with E-state index in [1.807, 2.05) is 6.07 Å². The van der Waals surface area contributed by atoms with Gasteiger partial charge in [-0.3, -0.25) is 0 Å². The summed E-state index contributed by atoms with van der Waals surface area (Å²) in [6.45, 7) is 3.13. The van der Waals surface area contributed by atoms with Crippen LogP contribution in [-0.4, -0.2) is 24.2 Å². The van der Waals surface area contributed by atoms with Crippen LogP contribution in [0.3, 0.4) is 0 Å². The summed E-state index contributed by atoms with van der Waals surface area (Å²) in [4.78, 5) is 4.20. The SMILES string of the molecule is CCCNC(c1cccnc1N)C1(OC)CCC1. The average molecular weight is 249 g/mol. The van der Waals surface area contributed by atoms with Crippen LogP contribution >= 0.6 is 0 Å². The number of rotatable bonds is 6. The first-order valence-corrected chi connectivity index (χ1v) is 6.72. The molecule has 18 heavy (non-hydrogen) atoms. The number of nitrogen functional groups attached to an aromatic ring is 1. The lowest BCUT2D eigenvalue weighted by molar-refractivity contribution is -0.0996. The Morgan fingerprint density at radius 3 is 2.83 bits per heavy atom. The first-order chi connectivity index (χ1) is 8.73. The number of hydrogen-bond donors (Lipinski definition) is 2. The Morgan fingerprint density at radius 2 is 2.33 bits per heavy atom. The number of anilines is 1. The molecule has 0 aromatic carbocycles. The second-order valence-corrected chi connectivity index (χ2v) is 4.99. The van der Waals surface area contributed by atoms with Crippen molar-refractivity contribution in [2.24, 2.45) is 0 Å². The van der Waals surface area contributed by atoms with Crippen LogP contribution in [-0.2, 0) is 4.74 Å². The summed E-state index contributed by atoms with van der Waals surface area (Å²) in [5, 5.41) is 3.58. The highest BCUT2D eigenvalue weighted by Crippen LogP contribution is 2.45. The molecule has 0 amide bonds. The lowest BCUT2D eigenvalue weighted by Crippen LogP contribution is -2.51. The molecule has 0 aliphatic heterocycles. The summed E-state index contributed by atoms with van der Waals surface area (Å²) in [6.07, 6.45) is 6.21. The average Bonchev–Trinajstić information content (AvgIpc) is 2.33. The van der Waals surface area contributed by atoms with Crippen LogP contribution in [0, 0.1) is 0 Å². The Bertz CT molecular complexity index is 385. The van der Waals surface area contributed by atoms with Crippen molar-refractivity contribution in [1.29, 1.82) is 0 Å². The Kier molecular flexibility index (Phi) is 4.19. The van der Waals surface area contributed by atoms with Gasteiger partial charge in [0.1, 0.15) is 5.82 Å². The zero-order valence-corrected chi connectivity index (χ0v) is 11.3. The lowest BCUT2D eigenvalue weighted by atomic mass is 9.72. The van der Waals surface area contributed by atoms with E-state index in [1.54, 1.807) is 13.3 Å². The molecule has 4 nitrogen and oxygen atoms in total. The molecular weight excluding hydrogens is 226 g/mol. The van der Waals surface area contributed by atoms with Gasteiger partial charge in [-0.05, 0) is 38.3 Å². The normalized spacial score (nSPS) is 19.2. The number of ether oxygens (including phenoxy) is 1. The van der Waals surface area contributed by atoms with Crippen LogP contribution in [0.4, 0.5) is 5.82 Å². The smallest absolute Gasteiger partial charge is 0.128 e. The number of nitrogens with zero attached hydrogens (tertiary/aromatic N) is 1. The van der Waals surface area contributed by atoms with E-state index in [0.717, 1.165) is 31.4 Å². The number of pyridine rings is 1. The molecule has 1 aliphatic rings. The molecule has 1 aromatic rings. The summed E-state index contributed by atoms with van der Waals surface area (Å²) >= 11 is 0. The molecule has 0 saturated heterocycles. The van der Waals surface area contributed by atoms with Gasteiger partial charge >= 0.3 is 0 Å². The van der Waals surface area contributed by atoms with Gasteiger partial charge in [-0.15, -0.1) is 0 Å². The van der Waals surface area contributed by atoms with Crippen molar-refractivity contribution in [3.8, 4) is 0 Å². The molecule has 0 spiro atoms. The monoisotopic (exact) mass is 249 g/mol. The van der Waals surface area contributed by atoms with Crippen LogP contribution in [0.2, 0.25) is 0 Å². The summed E-state index contributed by atoms with van der Waals surface area (Å²) < 4.78 is 5.80. The lowest BCUT2D eigenvalue weighted by Gasteiger charge is -2.47. The van der Waals surface area contributed by atoms with Crippen LogP contribution in [0.25, 0.3) is 0 Å². The van der Waals surface area contributed by atoms with Gasteiger partial charge in [0.15, 0.2) is 0 Å². The maximum absolute atomic E-state index is 6.02. The molecule has 0 radical (unpaired) electrons. The van der Waals surface area contributed by atoms with Crippen molar-refractivity contribution in [2.45, 2.75) is 44.2 Å². The van der Waals surface area contributed by atoms with E-state index < -0.39 is 0 Å². The maximum Gasteiger partial charge on any atom is 0.128 e. The predicted molar refractivity (Wildman–Crippen MR) is 73.3 cm³/mol. The second kappa shape index (κ2) is 5.67. The van der Waals surface area contributed by atoms with E-state index in [2.05, 4.69) is 23.3 Å². The fourth-order valence-corrected chi connectivity index (χ4v) is 2.68. The fraction of sp³-hybridized carbons (Fsp3) is 0.643. The molecule has 0 bridgehead atoms. The highest BCUT2D eigenvalue weighted by molar-refractivity contribution is 5.42. The molecule has 1 atom stereocenters. The summed E-state index contributed by atoms with van der Waals surface area (Å²) in [6, 6.07) is 4.13. The third kappa shape index (κ3) is 2.35. The second-order valence-electron chi connectivity index (χ2n) is 4.99. The van der Waals surface area contributed by atoms with Crippen molar-refractivity contribution in [2.75, 3.05) is 19.4 Å². The quantitative estimate of drug-likeness (QED) is 0.812. The minimum Gasteiger partial charge on any atom is -0.383 e. The Labute approximate surface area is 109 Å². The van der Waals surface area contributed by atoms with Crippen LogP contribution in [0.1, 0.15) is 44.2 Å². The van der Waals surface area contributed by atoms with E-state index in [0.29, 0.717) is 5.82 Å². The number of aromatic nitrogens is 1. The van der Waals surface area contributed by atoms with E-state index in [9.17, 15) is 0 Å². The Morgan fingerprint density at radius 1 is 1.56 bits per heavy atom. The number of nitrogens with two attached hydrogens (primary N) is 1. The van der Waals surface area contributed by atoms with Gasteiger partial charge in [0.05, 0.1) is 11.6 Å². The number of hydrogen-bond acceptors (Lipinski definition) is 4. The Hall–Kier alpha value is -1.13. The predicted octanol–water partition coefficient (Wildman–Crippen LogP) is 2.27. The first kappa shape index (κ1) is 13.3. The summed E-state index contributed by atoms with van der Waals surface area (Å²) in [5.41, 5.74) is 6.97. The third-order valence-electron chi connectivity index (χ3n) is 3.91. The molecule has 1 aliphatic carbocycles. The highest BCUT2D eigenvalue weighted by atomic mass is 16.5. The number of nitrogens with one attached hydrogen (secondary N) is 1. The molecule has 100 valence electrons. The fourth-order valence-electron chi connectivity index (χ4n) is 2.68. The van der Waals surface area contributed by atoms with Crippen LogP contribution in [0.5, 0.6) is 0 Å². The van der Waals surface area contributed by atoms with Crippen molar-refractivity contribution in [3.05, 3.63) is 23.9 Å². The molecule has 1 unspecified atom stereocenters. The maximum atomic E-state index is 6.02. The van der Waals surface area contributed by atoms with Gasteiger partial charge < -0.3 is 15.8 Å². The molecular formula is C14H23N3O.